The Bertz CT molecular complexity index is 407. The molecule has 18 heavy (non-hydrogen) atoms. The molecule has 100 valence electrons. The van der Waals surface area contributed by atoms with Gasteiger partial charge in [-0.2, -0.15) is 0 Å². The Kier molecular flexibility index (Phi) is 5.28. The molecule has 2 atom stereocenters. The number of esters is 1. The molecule has 0 aliphatic rings. The maximum Gasteiger partial charge on any atom is 0.323 e. The first-order chi connectivity index (χ1) is 8.47. The molecule has 0 radical (unpaired) electrons. The van der Waals surface area contributed by atoms with Gasteiger partial charge in [-0.15, -0.1) is 0 Å². The number of halogens is 1. The van der Waals surface area contributed by atoms with Crippen LogP contribution in [0.3, 0.4) is 0 Å². The zero-order chi connectivity index (χ0) is 13.7. The molecule has 1 aromatic rings. The zero-order valence-electron chi connectivity index (χ0n) is 11.2. The number of benzene rings is 1. The summed E-state index contributed by atoms with van der Waals surface area (Å²) in [6.45, 7) is 5.67. The Balaban J connectivity index is 2.82. The van der Waals surface area contributed by atoms with E-state index in [1.54, 1.807) is 18.2 Å². The SMILES string of the molecule is COC(=O)[C@H](NC(C)c1ccccc1F)C(C)C. The van der Waals surface area contributed by atoms with Crippen LogP contribution in [0.1, 0.15) is 32.4 Å². The van der Waals surface area contributed by atoms with Gasteiger partial charge in [-0.05, 0) is 18.9 Å². The highest BCUT2D eigenvalue weighted by Crippen LogP contribution is 2.18. The topological polar surface area (TPSA) is 38.3 Å². The summed E-state index contributed by atoms with van der Waals surface area (Å²) in [5.41, 5.74) is 0.548. The van der Waals surface area contributed by atoms with Crippen molar-refractivity contribution >= 4 is 5.97 Å². The van der Waals surface area contributed by atoms with Gasteiger partial charge in [0.25, 0.3) is 0 Å². The summed E-state index contributed by atoms with van der Waals surface area (Å²) < 4.78 is 18.4. The Morgan fingerprint density at radius 1 is 1.28 bits per heavy atom. The molecule has 0 aliphatic carbocycles. The number of carbonyl (C=O) groups is 1. The molecule has 0 saturated carbocycles. The average molecular weight is 253 g/mol. The van der Waals surface area contributed by atoms with Crippen LogP contribution in [-0.2, 0) is 9.53 Å². The molecule has 1 unspecified atom stereocenters. The molecular formula is C14H20FNO2. The van der Waals surface area contributed by atoms with E-state index in [1.165, 1.54) is 13.2 Å². The number of nitrogens with one attached hydrogen (secondary N) is 1. The summed E-state index contributed by atoms with van der Waals surface area (Å²) in [6.07, 6.45) is 0. The minimum atomic E-state index is -0.440. The lowest BCUT2D eigenvalue weighted by Crippen LogP contribution is -2.43. The quantitative estimate of drug-likeness (QED) is 0.820. The van der Waals surface area contributed by atoms with Crippen LogP contribution in [0.15, 0.2) is 24.3 Å². The first-order valence-corrected chi connectivity index (χ1v) is 6.05. The van der Waals surface area contributed by atoms with Crippen LogP contribution in [0.2, 0.25) is 0 Å². The van der Waals surface area contributed by atoms with Crippen molar-refractivity contribution in [2.75, 3.05) is 7.11 Å². The molecule has 0 bridgehead atoms. The Hall–Kier alpha value is -1.42. The minimum Gasteiger partial charge on any atom is -0.468 e. The van der Waals surface area contributed by atoms with Gasteiger partial charge in [-0.1, -0.05) is 32.0 Å². The molecule has 4 heteroatoms. The van der Waals surface area contributed by atoms with Crippen molar-refractivity contribution in [3.8, 4) is 0 Å². The second-order valence-corrected chi connectivity index (χ2v) is 4.65. The summed E-state index contributed by atoms with van der Waals surface area (Å²) in [6, 6.07) is 5.85. The van der Waals surface area contributed by atoms with Crippen LogP contribution in [0.25, 0.3) is 0 Å². The van der Waals surface area contributed by atoms with E-state index in [0.29, 0.717) is 5.56 Å². The van der Waals surface area contributed by atoms with Crippen molar-refractivity contribution < 1.29 is 13.9 Å². The van der Waals surface area contributed by atoms with Gasteiger partial charge in [0.2, 0.25) is 0 Å². The van der Waals surface area contributed by atoms with Gasteiger partial charge in [0.1, 0.15) is 11.9 Å². The van der Waals surface area contributed by atoms with Gasteiger partial charge in [0, 0.05) is 11.6 Å². The molecule has 1 aromatic carbocycles. The van der Waals surface area contributed by atoms with Crippen molar-refractivity contribution in [1.82, 2.24) is 5.32 Å². The average Bonchev–Trinajstić information content (AvgIpc) is 2.35. The fourth-order valence-corrected chi connectivity index (χ4v) is 1.85. The minimum absolute atomic E-state index is 0.0756. The highest BCUT2D eigenvalue weighted by molar-refractivity contribution is 5.76. The van der Waals surface area contributed by atoms with Gasteiger partial charge >= 0.3 is 5.97 Å². The highest BCUT2D eigenvalue weighted by atomic mass is 19.1. The number of carbonyl (C=O) groups excluding carboxylic acids is 1. The van der Waals surface area contributed by atoms with Crippen molar-refractivity contribution in [2.24, 2.45) is 5.92 Å². The molecule has 3 nitrogen and oxygen atoms in total. The van der Waals surface area contributed by atoms with Crippen LogP contribution in [0.4, 0.5) is 4.39 Å². The molecule has 1 N–H and O–H groups in total. The van der Waals surface area contributed by atoms with Gasteiger partial charge in [0.15, 0.2) is 0 Å². The fourth-order valence-electron chi connectivity index (χ4n) is 1.85. The molecule has 0 fully saturated rings. The third-order valence-electron chi connectivity index (χ3n) is 2.92. The lowest BCUT2D eigenvalue weighted by Gasteiger charge is -2.24. The largest absolute Gasteiger partial charge is 0.468 e. The standard InChI is InChI=1S/C14H20FNO2/c1-9(2)13(14(17)18-4)16-10(3)11-7-5-6-8-12(11)15/h5-10,13,16H,1-4H3/t10?,13-/m1/s1. The number of methoxy groups -OCH3 is 1. The first-order valence-electron chi connectivity index (χ1n) is 6.05. The van der Waals surface area contributed by atoms with Gasteiger partial charge in [-0.25, -0.2) is 4.39 Å². The fraction of sp³-hybridized carbons (Fsp3) is 0.500. The lowest BCUT2D eigenvalue weighted by atomic mass is 10.0. The third-order valence-corrected chi connectivity index (χ3v) is 2.92. The number of rotatable bonds is 5. The van der Waals surface area contributed by atoms with E-state index < -0.39 is 6.04 Å². The molecule has 1 rings (SSSR count). The normalized spacial score (nSPS) is 14.3. The molecular weight excluding hydrogens is 233 g/mol. The number of hydrogen-bond donors (Lipinski definition) is 1. The van der Waals surface area contributed by atoms with E-state index >= 15 is 0 Å². The van der Waals surface area contributed by atoms with E-state index in [2.05, 4.69) is 5.32 Å². The Morgan fingerprint density at radius 3 is 2.39 bits per heavy atom. The maximum absolute atomic E-state index is 13.6. The smallest absolute Gasteiger partial charge is 0.323 e. The van der Waals surface area contributed by atoms with Crippen molar-refractivity contribution in [1.29, 1.82) is 0 Å². The summed E-state index contributed by atoms with van der Waals surface area (Å²) in [7, 11) is 1.35. The molecule has 0 amide bonds. The molecule has 0 spiro atoms. The van der Waals surface area contributed by atoms with E-state index in [-0.39, 0.29) is 23.7 Å². The molecule has 0 heterocycles. The van der Waals surface area contributed by atoms with E-state index in [0.717, 1.165) is 0 Å². The van der Waals surface area contributed by atoms with Crippen LogP contribution >= 0.6 is 0 Å². The van der Waals surface area contributed by atoms with E-state index in [9.17, 15) is 9.18 Å². The highest BCUT2D eigenvalue weighted by Gasteiger charge is 2.25. The van der Waals surface area contributed by atoms with E-state index in [4.69, 9.17) is 4.74 Å². The van der Waals surface area contributed by atoms with Crippen LogP contribution in [-0.4, -0.2) is 19.1 Å². The van der Waals surface area contributed by atoms with Crippen LogP contribution < -0.4 is 5.32 Å². The third kappa shape index (κ3) is 3.53. The summed E-state index contributed by atoms with van der Waals surface area (Å²) >= 11 is 0. The van der Waals surface area contributed by atoms with Crippen molar-refractivity contribution in [3.05, 3.63) is 35.6 Å². The second-order valence-electron chi connectivity index (χ2n) is 4.65. The molecule has 0 aliphatic heterocycles. The van der Waals surface area contributed by atoms with Crippen LogP contribution in [0.5, 0.6) is 0 Å². The zero-order valence-corrected chi connectivity index (χ0v) is 11.2. The van der Waals surface area contributed by atoms with Gasteiger partial charge in [0.05, 0.1) is 7.11 Å². The predicted octanol–water partition coefficient (Wildman–Crippen LogP) is 2.67. The van der Waals surface area contributed by atoms with E-state index in [1.807, 2.05) is 20.8 Å². The summed E-state index contributed by atoms with van der Waals surface area (Å²) in [5, 5.41) is 3.11. The Labute approximate surface area is 107 Å². The molecule has 0 saturated heterocycles. The van der Waals surface area contributed by atoms with Crippen LogP contribution in [0, 0.1) is 11.7 Å². The van der Waals surface area contributed by atoms with Gasteiger partial charge in [-0.3, -0.25) is 10.1 Å². The lowest BCUT2D eigenvalue weighted by molar-refractivity contribution is -0.144. The maximum atomic E-state index is 13.6. The summed E-state index contributed by atoms with van der Waals surface area (Å²) in [5.74, 6) is -0.523. The molecule has 0 aromatic heterocycles. The number of ether oxygens (including phenoxy) is 1. The monoisotopic (exact) mass is 253 g/mol. The second kappa shape index (κ2) is 6.50. The predicted molar refractivity (Wildman–Crippen MR) is 68.6 cm³/mol. The van der Waals surface area contributed by atoms with Crippen molar-refractivity contribution in [3.63, 3.8) is 0 Å². The first kappa shape index (κ1) is 14.6. The Morgan fingerprint density at radius 2 is 1.89 bits per heavy atom. The van der Waals surface area contributed by atoms with Gasteiger partial charge < -0.3 is 4.74 Å². The summed E-state index contributed by atoms with van der Waals surface area (Å²) in [4.78, 5) is 11.6. The van der Waals surface area contributed by atoms with Crippen molar-refractivity contribution in [2.45, 2.75) is 32.9 Å². The number of hydrogen-bond acceptors (Lipinski definition) is 3.